The van der Waals surface area contributed by atoms with Gasteiger partial charge in [0, 0.05) is 23.4 Å². The van der Waals surface area contributed by atoms with Crippen molar-refractivity contribution < 1.29 is 4.39 Å². The van der Waals surface area contributed by atoms with Crippen molar-refractivity contribution in [1.29, 1.82) is 5.26 Å². The van der Waals surface area contributed by atoms with Crippen molar-refractivity contribution in [2.75, 3.05) is 12.8 Å². The molecule has 0 atom stereocenters. The average molecular weight is 250 g/mol. The van der Waals surface area contributed by atoms with Crippen molar-refractivity contribution in [2.24, 2.45) is 0 Å². The third kappa shape index (κ3) is 2.80. The zero-order valence-electron chi connectivity index (χ0n) is 9.79. The number of thioether (sulfide) groups is 1. The van der Waals surface area contributed by atoms with Crippen molar-refractivity contribution in [3.63, 3.8) is 0 Å². The fourth-order valence-electron chi connectivity index (χ4n) is 1.82. The second-order valence-corrected chi connectivity index (χ2v) is 5.66. The van der Waals surface area contributed by atoms with E-state index < -0.39 is 5.82 Å². The van der Waals surface area contributed by atoms with E-state index in [9.17, 15) is 4.39 Å². The number of nitrogens with zero attached hydrogens (tertiary/aromatic N) is 1. The maximum absolute atomic E-state index is 13.7. The molecule has 1 fully saturated rings. The summed E-state index contributed by atoms with van der Waals surface area (Å²) in [5.41, 5.74) is 0.691. The first-order chi connectivity index (χ1) is 8.21. The molecule has 0 heterocycles. The minimum Gasteiger partial charge on any atom is -0.311 e. The van der Waals surface area contributed by atoms with Crippen LogP contribution in [0, 0.1) is 17.1 Å². The lowest BCUT2D eigenvalue weighted by atomic mass is 10.1. The van der Waals surface area contributed by atoms with Crippen molar-refractivity contribution in [1.82, 2.24) is 5.32 Å². The lowest BCUT2D eigenvalue weighted by Crippen LogP contribution is -2.25. The molecule has 1 N–H and O–H groups in total. The highest BCUT2D eigenvalue weighted by atomic mass is 32.2. The second-order valence-electron chi connectivity index (χ2n) is 4.38. The lowest BCUT2D eigenvalue weighted by Gasteiger charge is -2.13. The summed E-state index contributed by atoms with van der Waals surface area (Å²) >= 11 is 1.88. The minimum absolute atomic E-state index is 0.121. The van der Waals surface area contributed by atoms with Gasteiger partial charge in [-0.3, -0.25) is 0 Å². The monoisotopic (exact) mass is 250 g/mol. The Morgan fingerprint density at radius 3 is 2.88 bits per heavy atom. The Hall–Kier alpha value is -1.05. The SMILES string of the molecule is CSC1(CNCc2cccc(C#N)c2F)CC1. The molecule has 0 bridgehead atoms. The maximum atomic E-state index is 13.7. The first kappa shape index (κ1) is 12.4. The van der Waals surface area contributed by atoms with E-state index in [1.165, 1.54) is 18.9 Å². The molecule has 1 saturated carbocycles. The number of nitrogens with one attached hydrogen (secondary N) is 1. The first-order valence-electron chi connectivity index (χ1n) is 5.64. The topological polar surface area (TPSA) is 35.8 Å². The van der Waals surface area contributed by atoms with Gasteiger partial charge < -0.3 is 5.32 Å². The fourth-order valence-corrected chi connectivity index (χ4v) is 2.58. The summed E-state index contributed by atoms with van der Waals surface area (Å²) in [7, 11) is 0. The fraction of sp³-hybridized carbons (Fsp3) is 0.462. The molecule has 2 rings (SSSR count). The molecule has 4 heteroatoms. The second kappa shape index (κ2) is 5.07. The smallest absolute Gasteiger partial charge is 0.145 e. The molecule has 2 nitrogen and oxygen atoms in total. The Bertz CT molecular complexity index is 449. The average Bonchev–Trinajstić information content (AvgIpc) is 3.12. The number of hydrogen-bond acceptors (Lipinski definition) is 3. The van der Waals surface area contributed by atoms with Crippen LogP contribution in [-0.2, 0) is 6.54 Å². The van der Waals surface area contributed by atoms with E-state index in [4.69, 9.17) is 5.26 Å². The molecule has 1 aliphatic carbocycles. The Kier molecular flexibility index (Phi) is 3.70. The highest BCUT2D eigenvalue weighted by Gasteiger charge is 2.41. The van der Waals surface area contributed by atoms with Gasteiger partial charge in [0.15, 0.2) is 0 Å². The number of rotatable bonds is 5. The summed E-state index contributed by atoms with van der Waals surface area (Å²) in [6.07, 6.45) is 4.59. The van der Waals surface area contributed by atoms with Crippen molar-refractivity contribution in [3.8, 4) is 6.07 Å². The molecule has 0 saturated heterocycles. The van der Waals surface area contributed by atoms with Crippen LogP contribution in [-0.4, -0.2) is 17.5 Å². The Balaban J connectivity index is 1.93. The normalized spacial score (nSPS) is 16.5. The van der Waals surface area contributed by atoms with Gasteiger partial charge in [0.25, 0.3) is 0 Å². The summed E-state index contributed by atoms with van der Waals surface area (Å²) in [5.74, 6) is -0.392. The summed E-state index contributed by atoms with van der Waals surface area (Å²) in [4.78, 5) is 0. The van der Waals surface area contributed by atoms with Crippen LogP contribution in [0.3, 0.4) is 0 Å². The zero-order valence-corrected chi connectivity index (χ0v) is 10.6. The maximum Gasteiger partial charge on any atom is 0.145 e. The Labute approximate surface area is 105 Å². The van der Waals surface area contributed by atoms with E-state index in [-0.39, 0.29) is 5.56 Å². The van der Waals surface area contributed by atoms with Gasteiger partial charge in [-0.05, 0) is 25.2 Å². The van der Waals surface area contributed by atoms with E-state index >= 15 is 0 Å². The van der Waals surface area contributed by atoms with Crippen LogP contribution in [0.25, 0.3) is 0 Å². The van der Waals surface area contributed by atoms with Crippen LogP contribution in [0.4, 0.5) is 4.39 Å². The molecule has 0 aliphatic heterocycles. The lowest BCUT2D eigenvalue weighted by molar-refractivity contribution is 0.581. The predicted octanol–water partition coefficient (Wildman–Crippen LogP) is 2.68. The van der Waals surface area contributed by atoms with Crippen molar-refractivity contribution in [3.05, 3.63) is 35.1 Å². The summed E-state index contributed by atoms with van der Waals surface area (Å²) in [6, 6.07) is 6.81. The number of benzene rings is 1. The number of halogens is 1. The van der Waals surface area contributed by atoms with Crippen LogP contribution < -0.4 is 5.32 Å². The molecule has 0 spiro atoms. The quantitative estimate of drug-likeness (QED) is 0.872. The van der Waals surface area contributed by atoms with Crippen LogP contribution in [0.5, 0.6) is 0 Å². The summed E-state index contributed by atoms with van der Waals surface area (Å²) in [5, 5.41) is 12.0. The van der Waals surface area contributed by atoms with Crippen LogP contribution in [0.1, 0.15) is 24.0 Å². The Morgan fingerprint density at radius 1 is 1.53 bits per heavy atom. The molecule has 0 unspecified atom stereocenters. The van der Waals surface area contributed by atoms with Gasteiger partial charge in [0.2, 0.25) is 0 Å². The Morgan fingerprint density at radius 2 is 2.29 bits per heavy atom. The van der Waals surface area contributed by atoms with E-state index in [1.54, 1.807) is 12.1 Å². The molecule has 0 amide bonds. The number of hydrogen-bond donors (Lipinski definition) is 1. The third-order valence-corrected chi connectivity index (χ3v) is 4.62. The highest BCUT2D eigenvalue weighted by Crippen LogP contribution is 2.46. The molecular weight excluding hydrogens is 235 g/mol. The zero-order chi connectivity index (χ0) is 12.3. The van der Waals surface area contributed by atoms with Crippen LogP contribution >= 0.6 is 11.8 Å². The van der Waals surface area contributed by atoms with E-state index in [2.05, 4.69) is 11.6 Å². The van der Waals surface area contributed by atoms with Crippen LogP contribution in [0.2, 0.25) is 0 Å². The van der Waals surface area contributed by atoms with Gasteiger partial charge in [-0.1, -0.05) is 12.1 Å². The van der Waals surface area contributed by atoms with Gasteiger partial charge in [0.1, 0.15) is 11.9 Å². The van der Waals surface area contributed by atoms with E-state index in [0.717, 1.165) is 6.54 Å². The molecule has 17 heavy (non-hydrogen) atoms. The molecule has 1 aromatic carbocycles. The van der Waals surface area contributed by atoms with Gasteiger partial charge in [0.05, 0.1) is 5.56 Å². The standard InChI is InChI=1S/C13H15FN2S/c1-17-13(5-6-13)9-16-8-11-4-2-3-10(7-15)12(11)14/h2-4,16H,5-6,8-9H2,1H3. The van der Waals surface area contributed by atoms with Gasteiger partial charge in [-0.2, -0.15) is 17.0 Å². The highest BCUT2D eigenvalue weighted by molar-refractivity contribution is 8.00. The van der Waals surface area contributed by atoms with E-state index in [1.807, 2.05) is 17.8 Å². The third-order valence-electron chi connectivity index (χ3n) is 3.20. The van der Waals surface area contributed by atoms with Crippen molar-refractivity contribution in [2.45, 2.75) is 24.1 Å². The van der Waals surface area contributed by atoms with Gasteiger partial charge in [-0.25, -0.2) is 4.39 Å². The first-order valence-corrected chi connectivity index (χ1v) is 6.87. The van der Waals surface area contributed by atoms with Gasteiger partial charge >= 0.3 is 0 Å². The largest absolute Gasteiger partial charge is 0.311 e. The molecule has 90 valence electrons. The molecule has 0 radical (unpaired) electrons. The van der Waals surface area contributed by atoms with Crippen molar-refractivity contribution >= 4 is 11.8 Å². The predicted molar refractivity (Wildman–Crippen MR) is 68.3 cm³/mol. The molecular formula is C13H15FN2S. The summed E-state index contributed by atoms with van der Waals surface area (Å²) < 4.78 is 14.1. The minimum atomic E-state index is -0.392. The van der Waals surface area contributed by atoms with Gasteiger partial charge in [-0.15, -0.1) is 0 Å². The van der Waals surface area contributed by atoms with Crippen LogP contribution in [0.15, 0.2) is 18.2 Å². The summed E-state index contributed by atoms with van der Waals surface area (Å²) in [6.45, 7) is 1.40. The molecule has 1 aliphatic rings. The number of nitriles is 1. The molecule has 1 aromatic rings. The molecule has 0 aromatic heterocycles. The van der Waals surface area contributed by atoms with E-state index in [0.29, 0.717) is 16.9 Å².